The smallest absolute Gasteiger partial charge is 0.238 e. The maximum absolute atomic E-state index is 14.6. The van der Waals surface area contributed by atoms with Crippen LogP contribution in [0, 0.1) is 12.7 Å². The highest BCUT2D eigenvalue weighted by Gasteiger charge is 2.36. The zero-order chi connectivity index (χ0) is 21.1. The fraction of sp³-hybridized carbons (Fsp3) is 0.167. The highest BCUT2D eigenvalue weighted by atomic mass is 32.2. The van der Waals surface area contributed by atoms with Crippen molar-refractivity contribution in [3.63, 3.8) is 0 Å². The lowest BCUT2D eigenvalue weighted by molar-refractivity contribution is -0.116. The molecule has 30 heavy (non-hydrogen) atoms. The Morgan fingerprint density at radius 2 is 1.83 bits per heavy atom. The molecule has 3 aromatic rings. The van der Waals surface area contributed by atoms with Crippen molar-refractivity contribution in [3.8, 4) is 0 Å². The summed E-state index contributed by atoms with van der Waals surface area (Å²) in [5, 5.41) is 2.55. The van der Waals surface area contributed by atoms with E-state index in [0.29, 0.717) is 5.69 Å². The van der Waals surface area contributed by atoms with E-state index in [1.165, 1.54) is 22.7 Å². The standard InChI is InChI=1S/C24H21FN2O2S/c1-16-11-12-19(25)21(13-16)27-23(29)15-30-24(27)18-9-5-6-10-20(18)26-22(28)14-17-7-3-2-4-8-17/h2-13,24H,14-15H2,1H3,(H,26,28). The first kappa shape index (κ1) is 20.2. The van der Waals surface area contributed by atoms with E-state index >= 15 is 0 Å². The fourth-order valence-electron chi connectivity index (χ4n) is 3.52. The number of hydrogen-bond acceptors (Lipinski definition) is 3. The summed E-state index contributed by atoms with van der Waals surface area (Å²) in [4.78, 5) is 26.7. The fourth-order valence-corrected chi connectivity index (χ4v) is 4.73. The molecule has 2 amide bonds. The minimum atomic E-state index is -0.438. The summed E-state index contributed by atoms with van der Waals surface area (Å²) in [6.45, 7) is 1.86. The van der Waals surface area contributed by atoms with E-state index in [1.54, 1.807) is 12.1 Å². The summed E-state index contributed by atoms with van der Waals surface area (Å²) in [6, 6.07) is 21.6. The van der Waals surface area contributed by atoms with Crippen LogP contribution < -0.4 is 10.2 Å². The van der Waals surface area contributed by atoms with Crippen molar-refractivity contribution in [2.75, 3.05) is 16.0 Å². The number of anilines is 2. The lowest BCUT2D eigenvalue weighted by Crippen LogP contribution is -2.29. The van der Waals surface area contributed by atoms with Crippen LogP contribution in [-0.2, 0) is 16.0 Å². The second-order valence-electron chi connectivity index (χ2n) is 7.18. The molecule has 3 aromatic carbocycles. The molecule has 0 saturated carbocycles. The Bertz CT molecular complexity index is 1090. The van der Waals surface area contributed by atoms with Gasteiger partial charge in [0, 0.05) is 11.3 Å². The predicted molar refractivity (Wildman–Crippen MR) is 119 cm³/mol. The van der Waals surface area contributed by atoms with Crippen molar-refractivity contribution in [3.05, 3.63) is 95.3 Å². The first-order valence-electron chi connectivity index (χ1n) is 9.65. The molecule has 1 unspecified atom stereocenters. The summed E-state index contributed by atoms with van der Waals surface area (Å²) in [5.74, 6) is -0.479. The van der Waals surface area contributed by atoms with Crippen molar-refractivity contribution < 1.29 is 14.0 Å². The monoisotopic (exact) mass is 420 g/mol. The minimum absolute atomic E-state index is 0.142. The molecule has 1 saturated heterocycles. The SMILES string of the molecule is Cc1ccc(F)c(N2C(=O)CSC2c2ccccc2NC(=O)Cc2ccccc2)c1. The highest BCUT2D eigenvalue weighted by molar-refractivity contribution is 8.00. The molecule has 0 bridgehead atoms. The number of amides is 2. The molecule has 1 atom stereocenters. The number of carbonyl (C=O) groups excluding carboxylic acids is 2. The van der Waals surface area contributed by atoms with Crippen LogP contribution in [0.4, 0.5) is 15.8 Å². The summed E-state index contributed by atoms with van der Waals surface area (Å²) in [5.41, 5.74) is 3.46. The van der Waals surface area contributed by atoms with Crippen LogP contribution in [0.3, 0.4) is 0 Å². The van der Waals surface area contributed by atoms with Crippen molar-refractivity contribution in [1.82, 2.24) is 0 Å². The predicted octanol–water partition coefficient (Wildman–Crippen LogP) is 5.09. The summed E-state index contributed by atoms with van der Waals surface area (Å²) in [7, 11) is 0. The Hall–Kier alpha value is -3.12. The third kappa shape index (κ3) is 4.24. The number of halogens is 1. The van der Waals surface area contributed by atoms with Crippen molar-refractivity contribution in [2.45, 2.75) is 18.7 Å². The molecule has 1 fully saturated rings. The number of carbonyl (C=O) groups is 2. The number of nitrogens with zero attached hydrogens (tertiary/aromatic N) is 1. The maximum atomic E-state index is 14.6. The molecule has 1 aliphatic rings. The number of nitrogens with one attached hydrogen (secondary N) is 1. The van der Waals surface area contributed by atoms with E-state index in [9.17, 15) is 14.0 Å². The van der Waals surface area contributed by atoms with Crippen molar-refractivity contribution in [1.29, 1.82) is 0 Å². The minimum Gasteiger partial charge on any atom is -0.325 e. The normalized spacial score (nSPS) is 16.0. The molecule has 4 rings (SSSR count). The first-order valence-corrected chi connectivity index (χ1v) is 10.7. The summed E-state index contributed by atoms with van der Waals surface area (Å²) >= 11 is 1.42. The zero-order valence-corrected chi connectivity index (χ0v) is 17.3. The van der Waals surface area contributed by atoms with Gasteiger partial charge in [-0.15, -0.1) is 11.8 Å². The van der Waals surface area contributed by atoms with Crippen LogP contribution >= 0.6 is 11.8 Å². The summed E-state index contributed by atoms with van der Waals surface area (Å²) in [6.07, 6.45) is 0.252. The van der Waals surface area contributed by atoms with Gasteiger partial charge in [0.1, 0.15) is 11.2 Å². The Labute approximate surface area is 179 Å². The quantitative estimate of drug-likeness (QED) is 0.625. The molecule has 0 radical (unpaired) electrons. The van der Waals surface area contributed by atoms with Gasteiger partial charge in [0.05, 0.1) is 17.9 Å². The van der Waals surface area contributed by atoms with Crippen LogP contribution in [0.2, 0.25) is 0 Å². The largest absolute Gasteiger partial charge is 0.325 e. The number of aryl methyl sites for hydroxylation is 1. The number of benzene rings is 3. The van der Waals surface area contributed by atoms with E-state index in [-0.39, 0.29) is 29.7 Å². The van der Waals surface area contributed by atoms with Gasteiger partial charge in [-0.2, -0.15) is 0 Å². The molecule has 1 N–H and O–H groups in total. The van der Waals surface area contributed by atoms with E-state index in [4.69, 9.17) is 0 Å². The van der Waals surface area contributed by atoms with Crippen LogP contribution in [0.25, 0.3) is 0 Å². The number of thioether (sulfide) groups is 1. The number of hydrogen-bond donors (Lipinski definition) is 1. The van der Waals surface area contributed by atoms with Crippen molar-refractivity contribution >= 4 is 35.0 Å². The van der Waals surface area contributed by atoms with Crippen LogP contribution in [0.5, 0.6) is 0 Å². The van der Waals surface area contributed by atoms with E-state index < -0.39 is 11.2 Å². The molecular formula is C24H21FN2O2S. The van der Waals surface area contributed by atoms with Gasteiger partial charge in [0.25, 0.3) is 0 Å². The lowest BCUT2D eigenvalue weighted by Gasteiger charge is -2.26. The van der Waals surface area contributed by atoms with Gasteiger partial charge in [-0.05, 0) is 36.2 Å². The van der Waals surface area contributed by atoms with Gasteiger partial charge < -0.3 is 5.32 Å². The number of rotatable bonds is 5. The van der Waals surface area contributed by atoms with Crippen molar-refractivity contribution in [2.24, 2.45) is 0 Å². The van der Waals surface area contributed by atoms with Crippen LogP contribution in [0.15, 0.2) is 72.8 Å². The van der Waals surface area contributed by atoms with Gasteiger partial charge >= 0.3 is 0 Å². The average molecular weight is 421 g/mol. The van der Waals surface area contributed by atoms with Gasteiger partial charge in [-0.3, -0.25) is 14.5 Å². The van der Waals surface area contributed by atoms with E-state index in [1.807, 2.05) is 61.5 Å². The third-order valence-corrected chi connectivity index (χ3v) is 6.13. The molecular weight excluding hydrogens is 399 g/mol. The summed E-state index contributed by atoms with van der Waals surface area (Å²) < 4.78 is 14.6. The molecule has 1 aliphatic heterocycles. The van der Waals surface area contributed by atoms with Gasteiger partial charge in [0.15, 0.2) is 0 Å². The lowest BCUT2D eigenvalue weighted by atomic mass is 10.1. The second-order valence-corrected chi connectivity index (χ2v) is 8.25. The van der Waals surface area contributed by atoms with Gasteiger partial charge in [-0.1, -0.05) is 54.6 Å². The molecule has 0 aliphatic carbocycles. The molecule has 152 valence electrons. The zero-order valence-electron chi connectivity index (χ0n) is 16.5. The Balaban J connectivity index is 1.63. The molecule has 0 aromatic heterocycles. The van der Waals surface area contributed by atoms with E-state index in [0.717, 1.165) is 16.7 Å². The molecule has 0 spiro atoms. The van der Waals surface area contributed by atoms with Crippen LogP contribution in [-0.4, -0.2) is 17.6 Å². The Morgan fingerprint density at radius 3 is 2.63 bits per heavy atom. The van der Waals surface area contributed by atoms with Gasteiger partial charge in [0.2, 0.25) is 11.8 Å². The topological polar surface area (TPSA) is 49.4 Å². The molecule has 1 heterocycles. The maximum Gasteiger partial charge on any atom is 0.238 e. The Morgan fingerprint density at radius 1 is 1.10 bits per heavy atom. The third-order valence-electron chi connectivity index (χ3n) is 4.94. The Kier molecular flexibility index (Phi) is 5.86. The molecule has 4 nitrogen and oxygen atoms in total. The first-order chi connectivity index (χ1) is 14.5. The number of para-hydroxylation sites is 1. The van der Waals surface area contributed by atoms with E-state index in [2.05, 4.69) is 5.32 Å². The average Bonchev–Trinajstić information content (AvgIpc) is 3.12. The second kappa shape index (κ2) is 8.71. The molecule has 6 heteroatoms. The van der Waals surface area contributed by atoms with Crippen LogP contribution in [0.1, 0.15) is 22.1 Å². The van der Waals surface area contributed by atoms with Gasteiger partial charge in [-0.25, -0.2) is 4.39 Å². The highest BCUT2D eigenvalue weighted by Crippen LogP contribution is 2.45.